The SMILES string of the molecule is Cc1ccc(C(=O)CCC(=O)N2CCC(c3nc4ccccc4s3)CC2)s1. The van der Waals surface area contributed by atoms with E-state index < -0.39 is 0 Å². The van der Waals surface area contributed by atoms with Crippen molar-refractivity contribution in [3.8, 4) is 0 Å². The second-order valence-electron chi connectivity index (χ2n) is 7.01. The zero-order chi connectivity index (χ0) is 18.8. The largest absolute Gasteiger partial charge is 0.343 e. The zero-order valence-corrected chi connectivity index (χ0v) is 16.9. The number of fused-ring (bicyclic) bond motifs is 1. The van der Waals surface area contributed by atoms with Crippen LogP contribution in [0.1, 0.15) is 51.2 Å². The third-order valence-electron chi connectivity index (χ3n) is 5.09. The molecule has 4 rings (SSSR count). The van der Waals surface area contributed by atoms with Crippen LogP contribution >= 0.6 is 22.7 Å². The van der Waals surface area contributed by atoms with Crippen LogP contribution in [0.15, 0.2) is 36.4 Å². The molecule has 3 aromatic rings. The van der Waals surface area contributed by atoms with E-state index in [-0.39, 0.29) is 11.7 Å². The number of aromatic nitrogens is 1. The monoisotopic (exact) mass is 398 g/mol. The summed E-state index contributed by atoms with van der Waals surface area (Å²) in [6, 6.07) is 12.0. The number of Topliss-reactive ketones (excluding diaryl/α,β-unsaturated/α-hetero) is 1. The Morgan fingerprint density at radius 2 is 1.85 bits per heavy atom. The lowest BCUT2D eigenvalue weighted by atomic mass is 9.97. The van der Waals surface area contributed by atoms with E-state index in [2.05, 4.69) is 12.1 Å². The Bertz CT molecular complexity index is 934. The number of aryl methyl sites for hydroxylation is 1. The van der Waals surface area contributed by atoms with Gasteiger partial charge in [0.25, 0.3) is 0 Å². The number of rotatable bonds is 5. The first-order valence-electron chi connectivity index (χ1n) is 9.33. The molecule has 27 heavy (non-hydrogen) atoms. The molecule has 1 amide bonds. The number of hydrogen-bond donors (Lipinski definition) is 0. The molecule has 1 aliphatic heterocycles. The van der Waals surface area contributed by atoms with Crippen molar-refractivity contribution in [2.45, 2.75) is 38.5 Å². The fourth-order valence-corrected chi connectivity index (χ4v) is 5.50. The average molecular weight is 399 g/mol. The minimum atomic E-state index is 0.0748. The van der Waals surface area contributed by atoms with Gasteiger partial charge in [-0.15, -0.1) is 22.7 Å². The highest BCUT2D eigenvalue weighted by atomic mass is 32.1. The van der Waals surface area contributed by atoms with Crippen molar-refractivity contribution < 1.29 is 9.59 Å². The van der Waals surface area contributed by atoms with Crippen molar-refractivity contribution in [3.63, 3.8) is 0 Å². The van der Waals surface area contributed by atoms with Gasteiger partial charge >= 0.3 is 0 Å². The molecule has 1 aromatic carbocycles. The number of thiophene rings is 1. The summed E-state index contributed by atoms with van der Waals surface area (Å²) < 4.78 is 1.23. The fourth-order valence-electron chi connectivity index (χ4n) is 3.53. The van der Waals surface area contributed by atoms with Crippen LogP contribution in [0.25, 0.3) is 10.2 Å². The summed E-state index contributed by atoms with van der Waals surface area (Å²) in [4.78, 5) is 33.3. The molecule has 140 valence electrons. The highest BCUT2D eigenvalue weighted by molar-refractivity contribution is 7.18. The molecular formula is C21H22N2O2S2. The minimum absolute atomic E-state index is 0.0748. The molecule has 0 saturated carbocycles. The Hall–Kier alpha value is -2.05. The molecule has 1 fully saturated rings. The molecule has 0 N–H and O–H groups in total. The fraction of sp³-hybridized carbons (Fsp3) is 0.381. The van der Waals surface area contributed by atoms with E-state index in [1.165, 1.54) is 21.0 Å². The van der Waals surface area contributed by atoms with E-state index in [0.29, 0.717) is 18.8 Å². The second-order valence-corrected chi connectivity index (χ2v) is 9.36. The van der Waals surface area contributed by atoms with Crippen molar-refractivity contribution in [1.82, 2.24) is 9.88 Å². The molecule has 0 bridgehead atoms. The summed E-state index contributed by atoms with van der Waals surface area (Å²) in [6.07, 6.45) is 2.51. The van der Waals surface area contributed by atoms with Gasteiger partial charge in [0.1, 0.15) is 0 Å². The molecular weight excluding hydrogens is 376 g/mol. The Morgan fingerprint density at radius 3 is 2.56 bits per heavy atom. The van der Waals surface area contributed by atoms with E-state index in [9.17, 15) is 9.59 Å². The number of hydrogen-bond acceptors (Lipinski definition) is 5. The second kappa shape index (κ2) is 7.90. The number of ketones is 1. The van der Waals surface area contributed by atoms with E-state index >= 15 is 0 Å². The maximum absolute atomic E-state index is 12.5. The van der Waals surface area contributed by atoms with Crippen molar-refractivity contribution in [1.29, 1.82) is 0 Å². The van der Waals surface area contributed by atoms with Crippen LogP contribution in [-0.4, -0.2) is 34.7 Å². The lowest BCUT2D eigenvalue weighted by Gasteiger charge is -2.31. The van der Waals surface area contributed by atoms with Gasteiger partial charge in [0.15, 0.2) is 5.78 Å². The maximum Gasteiger partial charge on any atom is 0.223 e. The van der Waals surface area contributed by atoms with Gasteiger partial charge in [0, 0.05) is 36.7 Å². The molecule has 6 heteroatoms. The summed E-state index contributed by atoms with van der Waals surface area (Å²) in [5, 5.41) is 1.19. The summed E-state index contributed by atoms with van der Waals surface area (Å²) in [5.41, 5.74) is 1.07. The highest BCUT2D eigenvalue weighted by Gasteiger charge is 2.26. The number of nitrogens with zero attached hydrogens (tertiary/aromatic N) is 2. The number of piperidine rings is 1. The minimum Gasteiger partial charge on any atom is -0.343 e. The summed E-state index contributed by atoms with van der Waals surface area (Å²) in [6.45, 7) is 3.50. The van der Waals surface area contributed by atoms with E-state index in [1.807, 2.05) is 36.1 Å². The smallest absolute Gasteiger partial charge is 0.223 e. The van der Waals surface area contributed by atoms with Crippen LogP contribution in [0.5, 0.6) is 0 Å². The van der Waals surface area contributed by atoms with Crippen molar-refractivity contribution in [3.05, 3.63) is 51.2 Å². The van der Waals surface area contributed by atoms with E-state index in [0.717, 1.165) is 41.2 Å². The Morgan fingerprint density at radius 1 is 1.07 bits per heavy atom. The van der Waals surface area contributed by atoms with E-state index in [1.54, 1.807) is 11.3 Å². The lowest BCUT2D eigenvalue weighted by molar-refractivity contribution is -0.132. The van der Waals surface area contributed by atoms with Gasteiger partial charge in [-0.1, -0.05) is 12.1 Å². The number of thiazole rings is 1. The van der Waals surface area contributed by atoms with Gasteiger partial charge in [-0.2, -0.15) is 0 Å². The van der Waals surface area contributed by atoms with Crippen LogP contribution in [0.3, 0.4) is 0 Å². The Kier molecular flexibility index (Phi) is 5.36. The van der Waals surface area contributed by atoms with Crippen LogP contribution < -0.4 is 0 Å². The van der Waals surface area contributed by atoms with Gasteiger partial charge < -0.3 is 4.90 Å². The Labute approximate surface area is 166 Å². The third-order valence-corrected chi connectivity index (χ3v) is 7.33. The van der Waals surface area contributed by atoms with Crippen LogP contribution in [-0.2, 0) is 4.79 Å². The normalized spacial score (nSPS) is 15.4. The molecule has 0 atom stereocenters. The zero-order valence-electron chi connectivity index (χ0n) is 15.3. The van der Waals surface area contributed by atoms with Crippen molar-refractivity contribution >= 4 is 44.6 Å². The molecule has 1 aliphatic rings. The van der Waals surface area contributed by atoms with Crippen molar-refractivity contribution in [2.24, 2.45) is 0 Å². The number of carbonyl (C=O) groups excluding carboxylic acids is 2. The van der Waals surface area contributed by atoms with E-state index in [4.69, 9.17) is 4.98 Å². The molecule has 2 aromatic heterocycles. The molecule has 1 saturated heterocycles. The number of likely N-dealkylation sites (tertiary alicyclic amines) is 1. The summed E-state index contributed by atoms with van der Waals surface area (Å²) >= 11 is 3.27. The molecule has 0 radical (unpaired) electrons. The number of amides is 1. The van der Waals surface area contributed by atoms with Crippen molar-refractivity contribution in [2.75, 3.05) is 13.1 Å². The van der Waals surface area contributed by atoms with Gasteiger partial charge in [0.2, 0.25) is 5.91 Å². The number of para-hydroxylation sites is 1. The highest BCUT2D eigenvalue weighted by Crippen LogP contribution is 2.34. The molecule has 4 nitrogen and oxygen atoms in total. The quantitative estimate of drug-likeness (QED) is 0.566. The van der Waals surface area contributed by atoms with Gasteiger partial charge in [0.05, 0.1) is 20.1 Å². The predicted molar refractivity (Wildman–Crippen MR) is 111 cm³/mol. The summed E-state index contributed by atoms with van der Waals surface area (Å²) in [7, 11) is 0. The first-order chi connectivity index (χ1) is 13.1. The summed E-state index contributed by atoms with van der Waals surface area (Å²) in [5.74, 6) is 0.604. The first kappa shape index (κ1) is 18.3. The molecule has 0 aliphatic carbocycles. The lowest BCUT2D eigenvalue weighted by Crippen LogP contribution is -2.38. The topological polar surface area (TPSA) is 50.3 Å². The molecule has 0 spiro atoms. The van der Waals surface area contributed by atoms with Gasteiger partial charge in [-0.05, 0) is 44.0 Å². The first-order valence-corrected chi connectivity index (χ1v) is 11.0. The van der Waals surface area contributed by atoms with Crippen LogP contribution in [0.4, 0.5) is 0 Å². The maximum atomic E-state index is 12.5. The van der Waals surface area contributed by atoms with Gasteiger partial charge in [-0.25, -0.2) is 4.98 Å². The van der Waals surface area contributed by atoms with Gasteiger partial charge in [-0.3, -0.25) is 9.59 Å². The number of carbonyl (C=O) groups is 2. The Balaban J connectivity index is 1.29. The molecule has 3 heterocycles. The number of benzene rings is 1. The third kappa shape index (κ3) is 4.12. The van der Waals surface area contributed by atoms with Crippen LogP contribution in [0.2, 0.25) is 0 Å². The standard InChI is InChI=1S/C21H22N2O2S2/c1-14-6-8-19(26-14)17(24)7-9-20(25)23-12-10-15(11-13-23)21-22-16-4-2-3-5-18(16)27-21/h2-6,8,15H,7,9-13H2,1H3. The van der Waals surface area contributed by atoms with Crippen LogP contribution in [0, 0.1) is 6.92 Å². The predicted octanol–water partition coefficient (Wildman–Crippen LogP) is 5.04. The molecule has 0 unspecified atom stereocenters. The average Bonchev–Trinajstić information content (AvgIpc) is 3.32.